The molecule has 0 saturated carbocycles. The Kier molecular flexibility index (Phi) is 5.00. The first-order valence-electron chi connectivity index (χ1n) is 8.61. The van der Waals surface area contributed by atoms with Gasteiger partial charge in [-0.2, -0.15) is 10.2 Å². The van der Waals surface area contributed by atoms with Crippen LogP contribution in [0.1, 0.15) is 44.1 Å². The molecular weight excluding hydrogens is 290 g/mol. The molecule has 126 valence electrons. The van der Waals surface area contributed by atoms with Gasteiger partial charge < -0.3 is 10.1 Å². The molecule has 23 heavy (non-hydrogen) atoms. The Morgan fingerprint density at radius 2 is 2.22 bits per heavy atom. The lowest BCUT2D eigenvalue weighted by atomic mass is 9.90. The highest BCUT2D eigenvalue weighted by Crippen LogP contribution is 2.33. The van der Waals surface area contributed by atoms with Crippen molar-refractivity contribution >= 4 is 5.69 Å². The summed E-state index contributed by atoms with van der Waals surface area (Å²) in [6.45, 7) is 6.88. The van der Waals surface area contributed by atoms with Gasteiger partial charge in [0.1, 0.15) is 0 Å². The molecule has 0 radical (unpaired) electrons. The van der Waals surface area contributed by atoms with Gasteiger partial charge in [0.25, 0.3) is 0 Å². The van der Waals surface area contributed by atoms with E-state index in [0.717, 1.165) is 43.9 Å². The minimum absolute atomic E-state index is 0.137. The van der Waals surface area contributed by atoms with Crippen LogP contribution in [0.3, 0.4) is 0 Å². The summed E-state index contributed by atoms with van der Waals surface area (Å²) >= 11 is 0. The van der Waals surface area contributed by atoms with E-state index in [0.29, 0.717) is 5.92 Å². The monoisotopic (exact) mass is 317 g/mol. The van der Waals surface area contributed by atoms with Crippen molar-refractivity contribution in [3.63, 3.8) is 0 Å². The molecule has 0 aromatic carbocycles. The first-order valence-corrected chi connectivity index (χ1v) is 8.61. The Morgan fingerprint density at radius 1 is 1.35 bits per heavy atom. The van der Waals surface area contributed by atoms with Crippen LogP contribution in [0.25, 0.3) is 0 Å². The van der Waals surface area contributed by atoms with E-state index in [4.69, 9.17) is 4.74 Å². The fraction of sp³-hybridized carbons (Fsp3) is 0.647. The van der Waals surface area contributed by atoms with Crippen LogP contribution < -0.4 is 5.32 Å². The van der Waals surface area contributed by atoms with Gasteiger partial charge in [-0.15, -0.1) is 0 Å². The van der Waals surface area contributed by atoms with Crippen molar-refractivity contribution in [2.75, 3.05) is 18.5 Å². The van der Waals surface area contributed by atoms with Crippen LogP contribution in [0.15, 0.2) is 18.6 Å². The molecular formula is C17H27N5O. The summed E-state index contributed by atoms with van der Waals surface area (Å²) in [6, 6.07) is 0. The highest BCUT2D eigenvalue weighted by molar-refractivity contribution is 5.46. The van der Waals surface area contributed by atoms with Gasteiger partial charge in [-0.05, 0) is 26.2 Å². The lowest BCUT2D eigenvalue weighted by molar-refractivity contribution is -0.0239. The van der Waals surface area contributed by atoms with E-state index >= 15 is 0 Å². The standard InChI is InChI=1S/C17H27N5O/c1-4-15-16(12-21(3)20-15)18-9-13-7-6-8-23-17(13)14-10-19-22(5-2)11-14/h10-13,17-18H,4-9H2,1-3H3/t13-,17+/m0/s1. The third-order valence-electron chi connectivity index (χ3n) is 4.55. The average Bonchev–Trinajstić information content (AvgIpc) is 3.19. The maximum Gasteiger partial charge on any atom is 0.0900 e. The Hall–Kier alpha value is -1.82. The molecule has 1 fully saturated rings. The van der Waals surface area contributed by atoms with Crippen LogP contribution in [0.5, 0.6) is 0 Å². The molecule has 3 heterocycles. The molecule has 2 aromatic heterocycles. The minimum atomic E-state index is 0.137. The first kappa shape index (κ1) is 16.1. The van der Waals surface area contributed by atoms with Gasteiger partial charge in [-0.3, -0.25) is 9.36 Å². The largest absolute Gasteiger partial charge is 0.382 e. The van der Waals surface area contributed by atoms with Crippen molar-refractivity contribution < 1.29 is 4.74 Å². The number of hydrogen-bond donors (Lipinski definition) is 1. The van der Waals surface area contributed by atoms with Crippen LogP contribution in [0, 0.1) is 5.92 Å². The zero-order valence-electron chi connectivity index (χ0n) is 14.3. The third-order valence-corrected chi connectivity index (χ3v) is 4.55. The van der Waals surface area contributed by atoms with Crippen molar-refractivity contribution in [1.29, 1.82) is 0 Å². The van der Waals surface area contributed by atoms with Gasteiger partial charge >= 0.3 is 0 Å². The molecule has 0 bridgehead atoms. The number of aryl methyl sites for hydroxylation is 3. The molecule has 0 unspecified atom stereocenters. The van der Waals surface area contributed by atoms with E-state index in [1.807, 2.05) is 22.6 Å². The van der Waals surface area contributed by atoms with Crippen LogP contribution in [0.2, 0.25) is 0 Å². The highest BCUT2D eigenvalue weighted by Gasteiger charge is 2.28. The third kappa shape index (κ3) is 3.58. The molecule has 1 aliphatic rings. The molecule has 0 amide bonds. The summed E-state index contributed by atoms with van der Waals surface area (Å²) < 4.78 is 9.91. The maximum atomic E-state index is 6.07. The van der Waals surface area contributed by atoms with E-state index in [-0.39, 0.29) is 6.10 Å². The Bertz CT molecular complexity index is 633. The van der Waals surface area contributed by atoms with Crippen molar-refractivity contribution in [2.45, 2.75) is 45.8 Å². The molecule has 0 spiro atoms. The lowest BCUT2D eigenvalue weighted by Crippen LogP contribution is -2.28. The molecule has 1 N–H and O–H groups in total. The molecule has 2 atom stereocenters. The first-order chi connectivity index (χ1) is 11.2. The van der Waals surface area contributed by atoms with E-state index in [9.17, 15) is 0 Å². The van der Waals surface area contributed by atoms with Crippen molar-refractivity contribution in [3.05, 3.63) is 29.8 Å². The minimum Gasteiger partial charge on any atom is -0.382 e. The van der Waals surface area contributed by atoms with E-state index in [1.54, 1.807) is 0 Å². The van der Waals surface area contributed by atoms with Gasteiger partial charge in [-0.25, -0.2) is 0 Å². The van der Waals surface area contributed by atoms with Crippen molar-refractivity contribution in [2.24, 2.45) is 13.0 Å². The molecule has 0 aliphatic carbocycles. The summed E-state index contributed by atoms with van der Waals surface area (Å²) in [7, 11) is 1.97. The van der Waals surface area contributed by atoms with Gasteiger partial charge in [0.2, 0.25) is 0 Å². The zero-order chi connectivity index (χ0) is 16.2. The number of nitrogens with zero attached hydrogens (tertiary/aromatic N) is 4. The smallest absolute Gasteiger partial charge is 0.0900 e. The van der Waals surface area contributed by atoms with Crippen LogP contribution in [0.4, 0.5) is 5.69 Å². The Labute approximate surface area is 137 Å². The van der Waals surface area contributed by atoms with E-state index in [1.165, 1.54) is 12.0 Å². The Morgan fingerprint density at radius 3 is 2.96 bits per heavy atom. The second-order valence-electron chi connectivity index (χ2n) is 6.22. The van der Waals surface area contributed by atoms with E-state index in [2.05, 4.69) is 41.8 Å². The summed E-state index contributed by atoms with van der Waals surface area (Å²) in [5.74, 6) is 0.461. The predicted molar refractivity (Wildman–Crippen MR) is 90.4 cm³/mol. The van der Waals surface area contributed by atoms with Crippen molar-refractivity contribution in [1.82, 2.24) is 19.6 Å². The van der Waals surface area contributed by atoms with Gasteiger partial charge in [0.05, 0.1) is 23.7 Å². The zero-order valence-corrected chi connectivity index (χ0v) is 14.3. The molecule has 1 aliphatic heterocycles. The lowest BCUT2D eigenvalue weighted by Gasteiger charge is -2.31. The Balaban J connectivity index is 1.69. The molecule has 6 heteroatoms. The van der Waals surface area contributed by atoms with Gasteiger partial charge in [-0.1, -0.05) is 6.92 Å². The SMILES string of the molecule is CCc1nn(C)cc1NC[C@@H]1CCCO[C@H]1c1cnn(CC)c1. The number of nitrogens with one attached hydrogen (secondary N) is 1. The number of aromatic nitrogens is 4. The fourth-order valence-corrected chi connectivity index (χ4v) is 3.30. The summed E-state index contributed by atoms with van der Waals surface area (Å²) in [6.07, 6.45) is 9.51. The number of rotatable bonds is 6. The van der Waals surface area contributed by atoms with Crippen LogP contribution >= 0.6 is 0 Å². The predicted octanol–water partition coefficient (Wildman–Crippen LogP) is 2.78. The molecule has 1 saturated heterocycles. The number of hydrogen-bond acceptors (Lipinski definition) is 4. The molecule has 3 rings (SSSR count). The second kappa shape index (κ2) is 7.17. The van der Waals surface area contributed by atoms with Crippen molar-refractivity contribution in [3.8, 4) is 0 Å². The summed E-state index contributed by atoms with van der Waals surface area (Å²) in [4.78, 5) is 0. The quantitative estimate of drug-likeness (QED) is 0.890. The number of ether oxygens (including phenoxy) is 1. The highest BCUT2D eigenvalue weighted by atomic mass is 16.5. The van der Waals surface area contributed by atoms with E-state index < -0.39 is 0 Å². The van der Waals surface area contributed by atoms with Gasteiger partial charge in [0.15, 0.2) is 0 Å². The molecule has 6 nitrogen and oxygen atoms in total. The number of anilines is 1. The van der Waals surface area contributed by atoms with Crippen LogP contribution in [-0.4, -0.2) is 32.7 Å². The summed E-state index contributed by atoms with van der Waals surface area (Å²) in [5.41, 5.74) is 3.46. The molecule has 2 aromatic rings. The fourth-order valence-electron chi connectivity index (χ4n) is 3.30. The van der Waals surface area contributed by atoms with Gasteiger partial charge in [0, 0.05) is 50.6 Å². The second-order valence-corrected chi connectivity index (χ2v) is 6.22. The topological polar surface area (TPSA) is 56.9 Å². The maximum absolute atomic E-state index is 6.07. The summed E-state index contributed by atoms with van der Waals surface area (Å²) in [5, 5.41) is 12.5. The average molecular weight is 317 g/mol. The van der Waals surface area contributed by atoms with Crippen LogP contribution in [-0.2, 0) is 24.8 Å². The normalized spacial score (nSPS) is 21.5.